The number of aliphatic hydroxyl groups is 1. The molecular formula is C36H58N5O8P. The molecule has 3 amide bonds. The number of aromatic nitrogens is 2. The fourth-order valence-electron chi connectivity index (χ4n) is 6.09. The predicted molar refractivity (Wildman–Crippen MR) is 192 cm³/mol. The molecule has 0 saturated heterocycles. The maximum atomic E-state index is 14.2. The molecule has 1 heterocycles. The Kier molecular flexibility index (Phi) is 16.0. The number of hydrogen-bond acceptors (Lipinski definition) is 9. The highest BCUT2D eigenvalue weighted by Crippen LogP contribution is 2.51. The van der Waals surface area contributed by atoms with E-state index in [0.717, 1.165) is 37.7 Å². The summed E-state index contributed by atoms with van der Waals surface area (Å²) in [6, 6.07) is 6.22. The number of imidazole rings is 1. The molecule has 1 aliphatic carbocycles. The third-order valence-electron chi connectivity index (χ3n) is 8.16. The normalized spacial score (nSPS) is 16.8. The van der Waals surface area contributed by atoms with Crippen LogP contribution in [0.15, 0.2) is 42.9 Å². The molecule has 5 N–H and O–H groups in total. The topological polar surface area (TPSA) is 181 Å². The lowest BCUT2D eigenvalue weighted by Crippen LogP contribution is -2.58. The van der Waals surface area contributed by atoms with Gasteiger partial charge in [-0.1, -0.05) is 62.4 Å². The van der Waals surface area contributed by atoms with Crippen molar-refractivity contribution < 1.29 is 37.8 Å². The highest BCUT2D eigenvalue weighted by molar-refractivity contribution is 7.53. The van der Waals surface area contributed by atoms with E-state index < -0.39 is 67.5 Å². The summed E-state index contributed by atoms with van der Waals surface area (Å²) in [7, 11) is -3.74. The number of alkyl carbamates (subject to hydrolysis) is 1. The van der Waals surface area contributed by atoms with Crippen LogP contribution in [0.4, 0.5) is 4.79 Å². The van der Waals surface area contributed by atoms with Gasteiger partial charge in [0.1, 0.15) is 17.7 Å². The Morgan fingerprint density at radius 1 is 0.920 bits per heavy atom. The van der Waals surface area contributed by atoms with E-state index in [4.69, 9.17) is 13.8 Å². The largest absolute Gasteiger partial charge is 0.444 e. The van der Waals surface area contributed by atoms with Gasteiger partial charge < -0.3 is 39.8 Å². The summed E-state index contributed by atoms with van der Waals surface area (Å²) in [4.78, 5) is 47.9. The van der Waals surface area contributed by atoms with Crippen LogP contribution in [0.25, 0.3) is 0 Å². The molecule has 0 aliphatic heterocycles. The molecule has 1 aromatic carbocycles. The molecule has 4 atom stereocenters. The lowest BCUT2D eigenvalue weighted by Gasteiger charge is -2.33. The molecule has 13 nitrogen and oxygen atoms in total. The molecule has 280 valence electrons. The number of hydrogen-bond donors (Lipinski definition) is 5. The van der Waals surface area contributed by atoms with Crippen molar-refractivity contribution in [3.63, 3.8) is 0 Å². The van der Waals surface area contributed by atoms with Gasteiger partial charge in [-0.25, -0.2) is 9.78 Å². The minimum absolute atomic E-state index is 0.0553. The highest BCUT2D eigenvalue weighted by Gasteiger charge is 2.37. The summed E-state index contributed by atoms with van der Waals surface area (Å²) in [6.07, 6.45) is 5.69. The number of benzene rings is 1. The molecule has 0 unspecified atom stereocenters. The first-order valence-corrected chi connectivity index (χ1v) is 19.5. The predicted octanol–water partition coefficient (Wildman–Crippen LogP) is 5.43. The zero-order valence-corrected chi connectivity index (χ0v) is 31.5. The van der Waals surface area contributed by atoms with Gasteiger partial charge in [-0.2, -0.15) is 0 Å². The number of carbonyl (C=O) groups is 3. The van der Waals surface area contributed by atoms with Crippen molar-refractivity contribution in [2.24, 2.45) is 5.92 Å². The van der Waals surface area contributed by atoms with Crippen molar-refractivity contribution in [1.29, 1.82) is 0 Å². The first-order chi connectivity index (χ1) is 23.5. The molecule has 0 spiro atoms. The van der Waals surface area contributed by atoms with E-state index in [1.807, 2.05) is 30.3 Å². The number of nitrogens with one attached hydrogen (secondary N) is 4. The van der Waals surface area contributed by atoms with Crippen molar-refractivity contribution in [1.82, 2.24) is 25.9 Å². The van der Waals surface area contributed by atoms with Gasteiger partial charge in [0.15, 0.2) is 0 Å². The Hall–Kier alpha value is -3.25. The van der Waals surface area contributed by atoms with Crippen molar-refractivity contribution >= 4 is 25.5 Å². The number of H-pyrrole nitrogens is 1. The summed E-state index contributed by atoms with van der Waals surface area (Å²) >= 11 is 0. The van der Waals surface area contributed by atoms with Gasteiger partial charge in [0, 0.05) is 24.7 Å². The van der Waals surface area contributed by atoms with Crippen LogP contribution in [0, 0.1) is 5.92 Å². The van der Waals surface area contributed by atoms with Gasteiger partial charge in [0.2, 0.25) is 11.8 Å². The second-order valence-electron chi connectivity index (χ2n) is 14.8. The minimum Gasteiger partial charge on any atom is -0.444 e. The summed E-state index contributed by atoms with van der Waals surface area (Å²) < 4.78 is 30.7. The quantitative estimate of drug-likeness (QED) is 0.126. The van der Waals surface area contributed by atoms with E-state index in [0.29, 0.717) is 12.1 Å². The number of carbonyl (C=O) groups excluding carboxylic acids is 3. The lowest BCUT2D eigenvalue weighted by molar-refractivity contribution is -0.131. The molecule has 2 aromatic rings. The zero-order valence-electron chi connectivity index (χ0n) is 30.6. The van der Waals surface area contributed by atoms with E-state index in [9.17, 15) is 24.1 Å². The van der Waals surface area contributed by atoms with Crippen molar-refractivity contribution in [2.45, 2.75) is 142 Å². The fraction of sp³-hybridized carbons (Fsp3) is 0.667. The number of ether oxygens (including phenoxy) is 1. The Bertz CT molecular complexity index is 1360. The molecule has 1 saturated carbocycles. The molecule has 0 bridgehead atoms. The molecule has 14 heteroatoms. The van der Waals surface area contributed by atoms with Crippen LogP contribution in [-0.4, -0.2) is 81.2 Å². The van der Waals surface area contributed by atoms with E-state index in [-0.39, 0.29) is 24.9 Å². The van der Waals surface area contributed by atoms with Crippen LogP contribution < -0.4 is 16.0 Å². The minimum atomic E-state index is -3.74. The molecule has 0 radical (unpaired) electrons. The van der Waals surface area contributed by atoms with E-state index in [2.05, 4.69) is 25.9 Å². The van der Waals surface area contributed by atoms with Gasteiger partial charge in [-0.05, 0) is 66.4 Å². The Morgan fingerprint density at radius 3 is 2.08 bits per heavy atom. The Balaban J connectivity index is 1.88. The first kappa shape index (κ1) is 41.2. The Morgan fingerprint density at radius 2 is 1.52 bits per heavy atom. The summed E-state index contributed by atoms with van der Waals surface area (Å²) in [5, 5.41) is 20.1. The summed E-state index contributed by atoms with van der Waals surface area (Å²) in [5.74, 6) is -0.897. The monoisotopic (exact) mass is 719 g/mol. The van der Waals surface area contributed by atoms with Crippen molar-refractivity contribution in [2.75, 3.05) is 6.16 Å². The number of rotatable bonds is 18. The smallest absolute Gasteiger partial charge is 0.408 e. The van der Waals surface area contributed by atoms with Gasteiger partial charge >= 0.3 is 13.7 Å². The first-order valence-electron chi connectivity index (χ1n) is 17.8. The maximum Gasteiger partial charge on any atom is 0.408 e. The van der Waals surface area contributed by atoms with E-state index in [1.54, 1.807) is 54.7 Å². The second-order valence-corrected chi connectivity index (χ2v) is 16.8. The molecular weight excluding hydrogens is 661 g/mol. The van der Waals surface area contributed by atoms with Gasteiger partial charge in [0.25, 0.3) is 0 Å². The van der Waals surface area contributed by atoms with Gasteiger partial charge in [0.05, 0.1) is 36.8 Å². The molecule has 1 fully saturated rings. The van der Waals surface area contributed by atoms with Crippen LogP contribution >= 0.6 is 7.60 Å². The summed E-state index contributed by atoms with van der Waals surface area (Å²) in [5.41, 5.74) is 0.597. The van der Waals surface area contributed by atoms with E-state index in [1.165, 1.54) is 6.33 Å². The molecule has 1 aromatic heterocycles. The molecule has 3 rings (SSSR count). The highest BCUT2D eigenvalue weighted by atomic mass is 31.2. The van der Waals surface area contributed by atoms with Crippen LogP contribution in [-0.2, 0) is 40.8 Å². The van der Waals surface area contributed by atoms with Crippen LogP contribution in [0.1, 0.15) is 98.2 Å². The average molecular weight is 720 g/mol. The van der Waals surface area contributed by atoms with Crippen molar-refractivity contribution in [3.8, 4) is 0 Å². The number of nitrogens with zero attached hydrogens (tertiary/aromatic N) is 1. The number of aromatic amines is 1. The van der Waals surface area contributed by atoms with Gasteiger partial charge in [-0.3, -0.25) is 14.2 Å². The third kappa shape index (κ3) is 14.9. The van der Waals surface area contributed by atoms with Gasteiger partial charge in [-0.15, -0.1) is 0 Å². The van der Waals surface area contributed by atoms with Crippen molar-refractivity contribution in [3.05, 3.63) is 54.1 Å². The fourth-order valence-corrected chi connectivity index (χ4v) is 8.31. The Labute approximate surface area is 296 Å². The number of amides is 3. The third-order valence-corrected chi connectivity index (χ3v) is 10.5. The molecule has 50 heavy (non-hydrogen) atoms. The van der Waals surface area contributed by atoms with Crippen LogP contribution in [0.5, 0.6) is 0 Å². The molecule has 1 aliphatic rings. The zero-order chi connectivity index (χ0) is 36.9. The van der Waals surface area contributed by atoms with E-state index >= 15 is 0 Å². The second kappa shape index (κ2) is 19.4. The SMILES string of the molecule is CC(C)OP(=O)(C[C@H](O)[C@H](CC1CCCCC1)NC(=O)[C@H](Cc1cnc[nH]1)NC(=O)[C@H](Cc1ccccc1)NC(=O)OC(C)(C)C)OC(C)C. The number of aliphatic hydroxyl groups excluding tert-OH is 1. The standard InChI is InChI=1S/C36H58N5O8P/c1-24(2)48-50(46,49-25(3)4)22-32(42)29(18-26-14-10-8-11-15-26)39-34(44)31(20-28-21-37-23-38-28)40-33(43)30(19-27-16-12-9-13-17-27)41-35(45)47-36(5,6)7/h9,12-13,16-17,21,23-26,29-32,42H,8,10-11,14-15,18-20,22H2,1-7H3,(H,37,38)(H,39,44)(H,40,43)(H,41,45)/t29-,30-,31-,32-/m0/s1. The summed E-state index contributed by atoms with van der Waals surface area (Å²) in [6.45, 7) is 12.2. The van der Waals surface area contributed by atoms with Crippen LogP contribution in [0.2, 0.25) is 0 Å². The average Bonchev–Trinajstić information content (AvgIpc) is 3.52. The lowest BCUT2D eigenvalue weighted by atomic mass is 9.83. The maximum absolute atomic E-state index is 14.2. The van der Waals surface area contributed by atoms with Crippen LogP contribution in [0.3, 0.4) is 0 Å².